The van der Waals surface area contributed by atoms with Crippen LogP contribution in [0.1, 0.15) is 25.3 Å². The van der Waals surface area contributed by atoms with Crippen molar-refractivity contribution in [3.8, 4) is 11.4 Å². The zero-order valence-electron chi connectivity index (χ0n) is 9.56. The van der Waals surface area contributed by atoms with E-state index in [-0.39, 0.29) is 0 Å². The zero-order chi connectivity index (χ0) is 11.8. The van der Waals surface area contributed by atoms with Crippen LogP contribution in [0.2, 0.25) is 0 Å². The van der Waals surface area contributed by atoms with Crippen LogP contribution in [0.15, 0.2) is 23.0 Å². The van der Waals surface area contributed by atoms with Gasteiger partial charge in [-0.05, 0) is 32.4 Å². The highest BCUT2D eigenvalue weighted by molar-refractivity contribution is 5.58. The molecule has 0 aliphatic carbocycles. The van der Waals surface area contributed by atoms with E-state index in [1.807, 2.05) is 26.8 Å². The van der Waals surface area contributed by atoms with Gasteiger partial charge in [-0.1, -0.05) is 5.16 Å². The van der Waals surface area contributed by atoms with E-state index < -0.39 is 5.54 Å². The van der Waals surface area contributed by atoms with Crippen LogP contribution in [-0.4, -0.2) is 15.1 Å². The summed E-state index contributed by atoms with van der Waals surface area (Å²) in [6.07, 6.45) is 3.46. The average Bonchev–Trinajstić information content (AvgIpc) is 2.66. The topological polar surface area (TPSA) is 77.8 Å². The first-order valence-corrected chi connectivity index (χ1v) is 5.02. The number of rotatable bonds is 2. The van der Waals surface area contributed by atoms with E-state index in [0.29, 0.717) is 11.7 Å². The predicted molar refractivity (Wildman–Crippen MR) is 59.5 cm³/mol. The smallest absolute Gasteiger partial charge is 0.246 e. The van der Waals surface area contributed by atoms with Crippen molar-refractivity contribution in [1.29, 1.82) is 0 Å². The number of hydrogen-bond acceptors (Lipinski definition) is 5. The molecule has 0 bridgehead atoms. The van der Waals surface area contributed by atoms with Gasteiger partial charge in [0.15, 0.2) is 0 Å². The molecule has 16 heavy (non-hydrogen) atoms. The van der Waals surface area contributed by atoms with E-state index >= 15 is 0 Å². The normalized spacial score (nSPS) is 11.8. The molecule has 2 aromatic heterocycles. The summed E-state index contributed by atoms with van der Waals surface area (Å²) in [6, 6.07) is 1.85. The highest BCUT2D eigenvalue weighted by atomic mass is 16.5. The maximum absolute atomic E-state index is 5.88. The Hall–Kier alpha value is -1.75. The lowest BCUT2D eigenvalue weighted by Gasteiger charge is -2.10. The van der Waals surface area contributed by atoms with Crippen molar-refractivity contribution in [3.63, 3.8) is 0 Å². The van der Waals surface area contributed by atoms with Crippen LogP contribution in [0.25, 0.3) is 11.4 Å². The van der Waals surface area contributed by atoms with Gasteiger partial charge >= 0.3 is 0 Å². The van der Waals surface area contributed by atoms with Gasteiger partial charge in [0.2, 0.25) is 11.7 Å². The molecule has 0 fully saturated rings. The molecule has 0 atom stereocenters. The molecule has 2 aromatic rings. The Labute approximate surface area is 93.7 Å². The highest BCUT2D eigenvalue weighted by Crippen LogP contribution is 2.22. The zero-order valence-corrected chi connectivity index (χ0v) is 9.56. The third-order valence-corrected chi connectivity index (χ3v) is 2.24. The lowest BCUT2D eigenvalue weighted by Crippen LogP contribution is -2.28. The highest BCUT2D eigenvalue weighted by Gasteiger charge is 2.23. The largest absolute Gasteiger partial charge is 0.337 e. The van der Waals surface area contributed by atoms with E-state index in [0.717, 1.165) is 11.1 Å². The standard InChI is InChI=1S/C11H14N4O/c1-7-6-13-5-4-8(7)9-14-10(16-15-9)11(2,3)12/h4-6H,12H2,1-3H3. The molecular formula is C11H14N4O. The summed E-state index contributed by atoms with van der Waals surface area (Å²) >= 11 is 0. The first-order valence-electron chi connectivity index (χ1n) is 5.02. The van der Waals surface area contributed by atoms with Gasteiger partial charge in [0.25, 0.3) is 0 Å². The SMILES string of the molecule is Cc1cnccc1-c1noc(C(C)(C)N)n1. The number of hydrogen-bond donors (Lipinski definition) is 1. The quantitative estimate of drug-likeness (QED) is 0.828. The molecule has 0 spiro atoms. The molecular weight excluding hydrogens is 204 g/mol. The van der Waals surface area contributed by atoms with Crippen LogP contribution in [0, 0.1) is 6.92 Å². The minimum absolute atomic E-state index is 0.429. The van der Waals surface area contributed by atoms with Gasteiger partial charge in [-0.2, -0.15) is 4.98 Å². The molecule has 0 unspecified atom stereocenters. The number of aryl methyl sites for hydroxylation is 1. The van der Waals surface area contributed by atoms with Crippen molar-refractivity contribution in [2.45, 2.75) is 26.3 Å². The summed E-state index contributed by atoms with van der Waals surface area (Å²) in [5.74, 6) is 0.979. The number of aromatic nitrogens is 3. The van der Waals surface area contributed by atoms with Crippen LogP contribution in [0.3, 0.4) is 0 Å². The molecule has 2 N–H and O–H groups in total. The van der Waals surface area contributed by atoms with Crippen molar-refractivity contribution in [1.82, 2.24) is 15.1 Å². The lowest BCUT2D eigenvalue weighted by atomic mass is 10.1. The molecule has 5 heteroatoms. The Morgan fingerprint density at radius 1 is 1.38 bits per heavy atom. The fourth-order valence-electron chi connectivity index (χ4n) is 1.32. The van der Waals surface area contributed by atoms with Crippen molar-refractivity contribution in [3.05, 3.63) is 29.9 Å². The van der Waals surface area contributed by atoms with Crippen LogP contribution in [0.4, 0.5) is 0 Å². The lowest BCUT2D eigenvalue weighted by molar-refractivity contribution is 0.312. The fraction of sp³-hybridized carbons (Fsp3) is 0.364. The Bertz CT molecular complexity index is 499. The first kappa shape index (κ1) is 10.8. The monoisotopic (exact) mass is 218 g/mol. The number of pyridine rings is 1. The third-order valence-electron chi connectivity index (χ3n) is 2.24. The van der Waals surface area contributed by atoms with E-state index in [1.165, 1.54) is 0 Å². The summed E-state index contributed by atoms with van der Waals surface area (Å²) in [6.45, 7) is 5.60. The van der Waals surface area contributed by atoms with E-state index in [9.17, 15) is 0 Å². The van der Waals surface area contributed by atoms with Crippen LogP contribution in [0.5, 0.6) is 0 Å². The molecule has 0 radical (unpaired) electrons. The molecule has 0 amide bonds. The van der Waals surface area contributed by atoms with Gasteiger partial charge in [0.1, 0.15) is 0 Å². The molecule has 0 aliphatic rings. The first-order chi connectivity index (χ1) is 7.48. The Kier molecular flexibility index (Phi) is 2.47. The molecule has 0 aromatic carbocycles. The van der Waals surface area contributed by atoms with Gasteiger partial charge < -0.3 is 10.3 Å². The van der Waals surface area contributed by atoms with Gasteiger partial charge in [0.05, 0.1) is 5.54 Å². The summed E-state index contributed by atoms with van der Waals surface area (Å²) in [4.78, 5) is 8.30. The van der Waals surface area contributed by atoms with Gasteiger partial charge in [-0.25, -0.2) is 0 Å². The second-order valence-electron chi connectivity index (χ2n) is 4.34. The Morgan fingerprint density at radius 3 is 2.69 bits per heavy atom. The maximum Gasteiger partial charge on any atom is 0.246 e. The maximum atomic E-state index is 5.88. The third kappa shape index (κ3) is 1.94. The molecule has 0 saturated carbocycles. The minimum Gasteiger partial charge on any atom is -0.337 e. The minimum atomic E-state index is -0.619. The fourth-order valence-corrected chi connectivity index (χ4v) is 1.32. The van der Waals surface area contributed by atoms with E-state index in [4.69, 9.17) is 10.3 Å². The molecule has 0 aliphatic heterocycles. The van der Waals surface area contributed by atoms with Gasteiger partial charge in [-0.15, -0.1) is 0 Å². The van der Waals surface area contributed by atoms with E-state index in [1.54, 1.807) is 12.4 Å². The molecule has 2 heterocycles. The summed E-state index contributed by atoms with van der Waals surface area (Å²) < 4.78 is 5.13. The second kappa shape index (κ2) is 3.68. The molecule has 2 rings (SSSR count). The van der Waals surface area contributed by atoms with Gasteiger partial charge in [0, 0.05) is 18.0 Å². The summed E-state index contributed by atoms with van der Waals surface area (Å²) in [5, 5.41) is 3.92. The number of nitrogens with zero attached hydrogens (tertiary/aromatic N) is 3. The molecule has 0 saturated heterocycles. The summed E-state index contributed by atoms with van der Waals surface area (Å²) in [5.41, 5.74) is 7.17. The Morgan fingerprint density at radius 2 is 2.12 bits per heavy atom. The van der Waals surface area contributed by atoms with Crippen molar-refractivity contribution < 1.29 is 4.52 Å². The van der Waals surface area contributed by atoms with E-state index in [2.05, 4.69) is 15.1 Å². The van der Waals surface area contributed by atoms with Crippen LogP contribution in [-0.2, 0) is 5.54 Å². The van der Waals surface area contributed by atoms with Crippen LogP contribution < -0.4 is 5.73 Å². The van der Waals surface area contributed by atoms with Gasteiger partial charge in [-0.3, -0.25) is 4.98 Å². The average molecular weight is 218 g/mol. The predicted octanol–water partition coefficient (Wildman–Crippen LogP) is 1.63. The molecule has 5 nitrogen and oxygen atoms in total. The van der Waals surface area contributed by atoms with Crippen molar-refractivity contribution in [2.75, 3.05) is 0 Å². The number of nitrogens with two attached hydrogens (primary N) is 1. The summed E-state index contributed by atoms with van der Waals surface area (Å²) in [7, 11) is 0. The molecule has 84 valence electrons. The van der Waals surface area contributed by atoms with Crippen LogP contribution >= 0.6 is 0 Å². The van der Waals surface area contributed by atoms with Crippen molar-refractivity contribution in [2.24, 2.45) is 5.73 Å². The van der Waals surface area contributed by atoms with Crippen molar-refractivity contribution >= 4 is 0 Å². The second-order valence-corrected chi connectivity index (χ2v) is 4.34. The Balaban J connectivity index is 2.44.